The van der Waals surface area contributed by atoms with Gasteiger partial charge in [-0.25, -0.2) is 0 Å². The van der Waals surface area contributed by atoms with Crippen molar-refractivity contribution in [3.05, 3.63) is 64.5 Å². The van der Waals surface area contributed by atoms with E-state index in [1.54, 1.807) is 0 Å². The number of nitrogens with zero attached hydrogens (tertiary/aromatic N) is 2. The lowest BCUT2D eigenvalue weighted by atomic mass is 10.1. The highest BCUT2D eigenvalue weighted by atomic mass is 32.1. The molecule has 0 spiro atoms. The predicted molar refractivity (Wildman–Crippen MR) is 92.3 cm³/mol. The summed E-state index contributed by atoms with van der Waals surface area (Å²) in [5.74, 6) is 0. The summed E-state index contributed by atoms with van der Waals surface area (Å²) in [6.07, 6.45) is 0. The Morgan fingerprint density at radius 3 is 2.68 bits per heavy atom. The van der Waals surface area contributed by atoms with Crippen LogP contribution in [0.4, 0.5) is 0 Å². The van der Waals surface area contributed by atoms with Gasteiger partial charge in [0.15, 0.2) is 0 Å². The molecule has 1 fully saturated rings. The smallest absolute Gasteiger partial charge is 0.0871 e. The van der Waals surface area contributed by atoms with Gasteiger partial charge in [0, 0.05) is 36.4 Å². The van der Waals surface area contributed by atoms with Crippen molar-refractivity contribution < 1.29 is 0 Å². The maximum atomic E-state index is 4.95. The van der Waals surface area contributed by atoms with Crippen LogP contribution in [0.25, 0.3) is 10.9 Å². The highest BCUT2D eigenvalue weighted by Gasteiger charge is 2.25. The number of piperazine rings is 1. The van der Waals surface area contributed by atoms with Gasteiger partial charge in [-0.05, 0) is 23.6 Å². The van der Waals surface area contributed by atoms with Crippen LogP contribution in [-0.2, 0) is 0 Å². The Bertz CT molecular complexity index is 748. The van der Waals surface area contributed by atoms with Crippen molar-refractivity contribution in [3.8, 4) is 0 Å². The first kappa shape index (κ1) is 13.9. The van der Waals surface area contributed by atoms with Gasteiger partial charge in [-0.1, -0.05) is 30.3 Å². The molecule has 3 aromatic rings. The Kier molecular flexibility index (Phi) is 3.89. The molecule has 0 saturated carbocycles. The van der Waals surface area contributed by atoms with Crippen molar-refractivity contribution in [2.24, 2.45) is 0 Å². The van der Waals surface area contributed by atoms with Crippen molar-refractivity contribution in [2.75, 3.05) is 26.2 Å². The van der Waals surface area contributed by atoms with Crippen molar-refractivity contribution in [1.82, 2.24) is 15.2 Å². The third-order valence-corrected chi connectivity index (χ3v) is 5.15. The monoisotopic (exact) mass is 309 g/mol. The van der Waals surface area contributed by atoms with E-state index in [2.05, 4.69) is 64.1 Å². The van der Waals surface area contributed by atoms with Gasteiger partial charge >= 0.3 is 0 Å². The van der Waals surface area contributed by atoms with Crippen LogP contribution in [0.2, 0.25) is 0 Å². The average molecular weight is 309 g/mol. The lowest BCUT2D eigenvalue weighted by Gasteiger charge is -2.34. The summed E-state index contributed by atoms with van der Waals surface area (Å²) in [7, 11) is 0. The van der Waals surface area contributed by atoms with Gasteiger partial charge in [0.05, 0.1) is 17.3 Å². The summed E-state index contributed by atoms with van der Waals surface area (Å²) in [6, 6.07) is 17.4. The summed E-state index contributed by atoms with van der Waals surface area (Å²) in [5, 5.41) is 6.80. The molecule has 0 bridgehead atoms. The molecule has 22 heavy (non-hydrogen) atoms. The van der Waals surface area contributed by atoms with Crippen LogP contribution in [0, 0.1) is 0 Å². The SMILES string of the molecule is c1csc([C@@H](c2ccc3ccccc3n2)N2CCNCC2)c1. The standard InChI is InChI=1S/C18H19N3S/c1-2-5-15-14(4-1)7-8-16(20-15)18(17-6-3-13-22-17)21-11-9-19-10-12-21/h1-8,13,18-19H,9-12H2/t18-/m1/s1. The summed E-state index contributed by atoms with van der Waals surface area (Å²) in [6.45, 7) is 4.24. The van der Waals surface area contributed by atoms with Crippen LogP contribution >= 0.6 is 11.3 Å². The van der Waals surface area contributed by atoms with Crippen molar-refractivity contribution >= 4 is 22.2 Å². The van der Waals surface area contributed by atoms with Gasteiger partial charge in [0.1, 0.15) is 0 Å². The van der Waals surface area contributed by atoms with Gasteiger partial charge in [0.25, 0.3) is 0 Å². The Morgan fingerprint density at radius 2 is 1.86 bits per heavy atom. The number of pyridine rings is 1. The lowest BCUT2D eigenvalue weighted by molar-refractivity contribution is 0.198. The van der Waals surface area contributed by atoms with Crippen molar-refractivity contribution in [2.45, 2.75) is 6.04 Å². The quantitative estimate of drug-likeness (QED) is 0.805. The van der Waals surface area contributed by atoms with E-state index in [4.69, 9.17) is 4.98 Å². The zero-order valence-electron chi connectivity index (χ0n) is 12.4. The maximum Gasteiger partial charge on any atom is 0.0871 e. The summed E-state index contributed by atoms with van der Waals surface area (Å²) >= 11 is 1.82. The van der Waals surface area contributed by atoms with Crippen LogP contribution in [0.1, 0.15) is 16.6 Å². The number of rotatable bonds is 3. The third kappa shape index (κ3) is 2.65. The molecule has 4 rings (SSSR count). The molecule has 4 heteroatoms. The molecule has 1 saturated heterocycles. The van der Waals surface area contributed by atoms with Crippen molar-refractivity contribution in [1.29, 1.82) is 0 Å². The van der Waals surface area contributed by atoms with E-state index in [1.165, 1.54) is 10.3 Å². The molecule has 1 aliphatic heterocycles. The molecule has 3 nitrogen and oxygen atoms in total. The number of aromatic nitrogens is 1. The molecule has 2 aromatic heterocycles. The van der Waals surface area contributed by atoms with E-state index < -0.39 is 0 Å². The number of thiophene rings is 1. The molecule has 0 unspecified atom stereocenters. The first-order valence-corrected chi connectivity index (χ1v) is 8.64. The van der Waals surface area contributed by atoms with E-state index in [-0.39, 0.29) is 6.04 Å². The number of hydrogen-bond donors (Lipinski definition) is 1. The van der Waals surface area contributed by atoms with Gasteiger partial charge in [-0.2, -0.15) is 0 Å². The Morgan fingerprint density at radius 1 is 1.00 bits per heavy atom. The summed E-state index contributed by atoms with van der Waals surface area (Å²) in [5.41, 5.74) is 2.24. The predicted octanol–water partition coefficient (Wildman–Crippen LogP) is 3.29. The second kappa shape index (κ2) is 6.16. The zero-order valence-corrected chi connectivity index (χ0v) is 13.2. The fourth-order valence-corrected chi connectivity index (χ4v) is 4.00. The largest absolute Gasteiger partial charge is 0.314 e. The molecule has 1 atom stereocenters. The number of hydrogen-bond acceptors (Lipinski definition) is 4. The van der Waals surface area contributed by atoms with E-state index in [0.29, 0.717) is 0 Å². The molecule has 112 valence electrons. The maximum absolute atomic E-state index is 4.95. The van der Waals surface area contributed by atoms with Gasteiger partial charge in [0.2, 0.25) is 0 Å². The normalized spacial score (nSPS) is 17.6. The van der Waals surface area contributed by atoms with Crippen LogP contribution in [0.5, 0.6) is 0 Å². The third-order valence-electron chi connectivity index (χ3n) is 4.23. The minimum absolute atomic E-state index is 0.270. The van der Waals surface area contributed by atoms with Crippen LogP contribution in [0.3, 0.4) is 0 Å². The van der Waals surface area contributed by atoms with Gasteiger partial charge < -0.3 is 5.32 Å². The molecule has 1 N–H and O–H groups in total. The Hall–Kier alpha value is -1.75. The fraction of sp³-hybridized carbons (Fsp3) is 0.278. The fourth-order valence-electron chi connectivity index (χ4n) is 3.13. The molecule has 0 aliphatic carbocycles. The number of benzene rings is 1. The molecule has 1 aliphatic rings. The second-order valence-corrected chi connectivity index (χ2v) is 6.61. The first-order valence-electron chi connectivity index (χ1n) is 7.76. The highest BCUT2D eigenvalue weighted by molar-refractivity contribution is 7.10. The summed E-state index contributed by atoms with van der Waals surface area (Å²) in [4.78, 5) is 8.87. The molecular weight excluding hydrogens is 290 g/mol. The topological polar surface area (TPSA) is 28.2 Å². The Balaban J connectivity index is 1.78. The van der Waals surface area contributed by atoms with Crippen LogP contribution < -0.4 is 5.32 Å². The molecular formula is C18H19N3S. The zero-order chi connectivity index (χ0) is 14.8. The van der Waals surface area contributed by atoms with Crippen LogP contribution in [-0.4, -0.2) is 36.1 Å². The summed E-state index contributed by atoms with van der Waals surface area (Å²) < 4.78 is 0. The van der Waals surface area contributed by atoms with E-state index in [9.17, 15) is 0 Å². The van der Waals surface area contributed by atoms with Gasteiger partial charge in [-0.3, -0.25) is 9.88 Å². The van der Waals surface area contributed by atoms with E-state index >= 15 is 0 Å². The number of fused-ring (bicyclic) bond motifs is 1. The first-order chi connectivity index (χ1) is 10.9. The van der Waals surface area contributed by atoms with E-state index in [1.807, 2.05) is 11.3 Å². The van der Waals surface area contributed by atoms with Crippen LogP contribution in [0.15, 0.2) is 53.9 Å². The second-order valence-electron chi connectivity index (χ2n) is 5.63. The average Bonchev–Trinajstić information content (AvgIpc) is 3.10. The highest BCUT2D eigenvalue weighted by Crippen LogP contribution is 2.31. The number of nitrogens with one attached hydrogen (secondary N) is 1. The molecule has 0 amide bonds. The van der Waals surface area contributed by atoms with Gasteiger partial charge in [-0.15, -0.1) is 11.3 Å². The lowest BCUT2D eigenvalue weighted by Crippen LogP contribution is -2.45. The Labute approximate surface area is 134 Å². The molecule has 0 radical (unpaired) electrons. The minimum Gasteiger partial charge on any atom is -0.314 e. The molecule has 1 aromatic carbocycles. The van der Waals surface area contributed by atoms with E-state index in [0.717, 1.165) is 37.4 Å². The molecule has 3 heterocycles. The minimum atomic E-state index is 0.270. The van der Waals surface area contributed by atoms with Crippen molar-refractivity contribution in [3.63, 3.8) is 0 Å². The number of para-hydroxylation sites is 1.